The Morgan fingerprint density at radius 1 is 0.923 bits per heavy atom. The Morgan fingerprint density at radius 2 is 1.58 bits per heavy atom. The van der Waals surface area contributed by atoms with E-state index >= 15 is 0 Å². The maximum Gasteiger partial charge on any atom is 0.0534 e. The van der Waals surface area contributed by atoms with Gasteiger partial charge in [0, 0.05) is 43.5 Å². The van der Waals surface area contributed by atoms with Crippen LogP contribution < -0.4 is 0 Å². The topological polar surface area (TPSA) is 24.3 Å². The van der Waals surface area contributed by atoms with Crippen molar-refractivity contribution in [2.75, 3.05) is 26.2 Å². The fourth-order valence-electron chi connectivity index (χ4n) is 4.63. The van der Waals surface area contributed by atoms with Crippen molar-refractivity contribution in [3.8, 4) is 0 Å². The van der Waals surface area contributed by atoms with Gasteiger partial charge in [0.2, 0.25) is 0 Å². The summed E-state index contributed by atoms with van der Waals surface area (Å²) in [6.07, 6.45) is 8.19. The zero-order chi connectivity index (χ0) is 17.9. The molecule has 0 radical (unpaired) electrons. The van der Waals surface area contributed by atoms with E-state index in [0.29, 0.717) is 0 Å². The molecule has 3 heterocycles. The van der Waals surface area contributed by atoms with E-state index in [4.69, 9.17) is 11.6 Å². The molecule has 0 aliphatic carbocycles. The Labute approximate surface area is 161 Å². The normalized spacial score (nSPS) is 22.9. The van der Waals surface area contributed by atoms with Gasteiger partial charge in [-0.15, -0.1) is 0 Å². The number of aryl methyl sites for hydroxylation is 1. The molecule has 2 aliphatic heterocycles. The van der Waals surface area contributed by atoms with Gasteiger partial charge in [-0.3, -0.25) is 14.5 Å². The van der Waals surface area contributed by atoms with Gasteiger partial charge in [0.1, 0.15) is 0 Å². The molecule has 0 saturated carbocycles. The summed E-state index contributed by atoms with van der Waals surface area (Å²) in [5, 5.41) is 5.11. The number of likely N-dealkylation sites (tertiary alicyclic amines) is 2. The van der Waals surface area contributed by atoms with E-state index in [0.717, 1.165) is 29.9 Å². The van der Waals surface area contributed by atoms with E-state index in [9.17, 15) is 0 Å². The number of hydrogen-bond donors (Lipinski definition) is 0. The summed E-state index contributed by atoms with van der Waals surface area (Å²) in [4.78, 5) is 5.21. The highest BCUT2D eigenvalue weighted by Gasteiger charge is 2.31. The second-order valence-electron chi connectivity index (χ2n) is 8.05. The van der Waals surface area contributed by atoms with Gasteiger partial charge in [0.05, 0.1) is 6.20 Å². The van der Waals surface area contributed by atoms with Gasteiger partial charge in [0.25, 0.3) is 0 Å². The van der Waals surface area contributed by atoms with Crippen LogP contribution in [0.3, 0.4) is 0 Å². The lowest BCUT2D eigenvalue weighted by Gasteiger charge is -2.34. The molecule has 0 amide bonds. The summed E-state index contributed by atoms with van der Waals surface area (Å²) in [5.74, 6) is 1.78. The van der Waals surface area contributed by atoms with Gasteiger partial charge in [-0.05, 0) is 68.4 Å². The lowest BCUT2D eigenvalue weighted by Crippen LogP contribution is -2.36. The predicted molar refractivity (Wildman–Crippen MR) is 106 cm³/mol. The molecular formula is C21H29ClN4. The SMILES string of the molecule is Cn1cc(CN2CCC([C@@H]3CCN(Cc4ccc(Cl)cc4)C3)CC2)cn1. The third kappa shape index (κ3) is 4.48. The fraction of sp³-hybridized carbons (Fsp3) is 0.571. The average molecular weight is 373 g/mol. The minimum atomic E-state index is 0.825. The molecule has 5 heteroatoms. The van der Waals surface area contributed by atoms with Crippen LogP contribution in [0.25, 0.3) is 0 Å². The number of hydrogen-bond acceptors (Lipinski definition) is 3. The van der Waals surface area contributed by atoms with Crippen LogP contribution in [-0.4, -0.2) is 45.8 Å². The van der Waals surface area contributed by atoms with Crippen LogP contribution in [0.15, 0.2) is 36.7 Å². The molecule has 1 aromatic heterocycles. The van der Waals surface area contributed by atoms with Crippen LogP contribution in [0, 0.1) is 11.8 Å². The Kier molecular flexibility index (Phi) is 5.63. The zero-order valence-corrected chi connectivity index (χ0v) is 16.4. The molecule has 1 aromatic carbocycles. The van der Waals surface area contributed by atoms with Crippen molar-refractivity contribution in [2.45, 2.75) is 32.4 Å². The molecular weight excluding hydrogens is 344 g/mol. The molecule has 0 N–H and O–H groups in total. The van der Waals surface area contributed by atoms with Gasteiger partial charge in [-0.2, -0.15) is 5.10 Å². The van der Waals surface area contributed by atoms with E-state index in [-0.39, 0.29) is 0 Å². The maximum absolute atomic E-state index is 5.99. The highest BCUT2D eigenvalue weighted by molar-refractivity contribution is 6.30. The monoisotopic (exact) mass is 372 g/mol. The van der Waals surface area contributed by atoms with Gasteiger partial charge in [-0.25, -0.2) is 0 Å². The summed E-state index contributed by atoms with van der Waals surface area (Å²) < 4.78 is 1.90. The minimum absolute atomic E-state index is 0.825. The van der Waals surface area contributed by atoms with E-state index in [2.05, 4.69) is 33.2 Å². The van der Waals surface area contributed by atoms with Crippen molar-refractivity contribution in [3.63, 3.8) is 0 Å². The number of rotatable bonds is 5. The van der Waals surface area contributed by atoms with Crippen LogP contribution in [-0.2, 0) is 20.1 Å². The van der Waals surface area contributed by atoms with Crippen LogP contribution >= 0.6 is 11.6 Å². The maximum atomic E-state index is 5.99. The third-order valence-corrected chi connectivity index (χ3v) is 6.34. The second-order valence-corrected chi connectivity index (χ2v) is 8.48. The number of halogens is 1. The van der Waals surface area contributed by atoms with Crippen LogP contribution in [0.5, 0.6) is 0 Å². The molecule has 4 rings (SSSR count). The predicted octanol–water partition coefficient (Wildman–Crippen LogP) is 3.81. The summed E-state index contributed by atoms with van der Waals surface area (Å²) in [5.41, 5.74) is 2.71. The van der Waals surface area contributed by atoms with Gasteiger partial charge in [-0.1, -0.05) is 23.7 Å². The van der Waals surface area contributed by atoms with Crippen molar-refractivity contribution in [3.05, 3.63) is 52.8 Å². The first-order valence-corrected chi connectivity index (χ1v) is 10.2. The zero-order valence-electron chi connectivity index (χ0n) is 15.6. The lowest BCUT2D eigenvalue weighted by atomic mass is 9.83. The number of aromatic nitrogens is 2. The summed E-state index contributed by atoms with van der Waals surface area (Å²) >= 11 is 5.99. The molecule has 0 spiro atoms. The third-order valence-electron chi connectivity index (χ3n) is 6.09. The molecule has 2 saturated heterocycles. The minimum Gasteiger partial charge on any atom is -0.299 e. The van der Waals surface area contributed by atoms with Crippen molar-refractivity contribution in [1.82, 2.24) is 19.6 Å². The first kappa shape index (κ1) is 18.0. The first-order valence-electron chi connectivity index (χ1n) is 9.82. The molecule has 140 valence electrons. The highest BCUT2D eigenvalue weighted by Crippen LogP contribution is 2.32. The van der Waals surface area contributed by atoms with Crippen molar-refractivity contribution < 1.29 is 0 Å². The standard InChI is InChI=1S/C21H29ClN4/c1-24-13-18(12-23-24)15-25-9-6-19(7-10-25)20-8-11-26(16-20)14-17-2-4-21(22)5-3-17/h2-5,12-13,19-20H,6-11,14-16H2,1H3/t20-/m1/s1. The molecule has 2 fully saturated rings. The van der Waals surface area contributed by atoms with E-state index in [1.54, 1.807) is 0 Å². The van der Waals surface area contributed by atoms with E-state index in [1.165, 1.54) is 56.6 Å². The van der Waals surface area contributed by atoms with E-state index in [1.807, 2.05) is 30.1 Å². The Balaban J connectivity index is 1.23. The Morgan fingerprint density at radius 3 is 2.27 bits per heavy atom. The molecule has 2 aromatic rings. The first-order chi connectivity index (χ1) is 12.7. The Hall–Kier alpha value is -1.36. The molecule has 2 aliphatic rings. The van der Waals surface area contributed by atoms with Crippen molar-refractivity contribution >= 4 is 11.6 Å². The van der Waals surface area contributed by atoms with Crippen LogP contribution in [0.1, 0.15) is 30.4 Å². The van der Waals surface area contributed by atoms with Gasteiger partial charge < -0.3 is 0 Å². The van der Waals surface area contributed by atoms with Crippen molar-refractivity contribution in [1.29, 1.82) is 0 Å². The molecule has 4 nitrogen and oxygen atoms in total. The second kappa shape index (κ2) is 8.12. The summed E-state index contributed by atoms with van der Waals surface area (Å²) in [7, 11) is 1.99. The van der Waals surface area contributed by atoms with Crippen LogP contribution in [0.2, 0.25) is 5.02 Å². The smallest absolute Gasteiger partial charge is 0.0534 e. The lowest BCUT2D eigenvalue weighted by molar-refractivity contribution is 0.141. The summed E-state index contributed by atoms with van der Waals surface area (Å²) in [6.45, 7) is 7.07. The number of benzene rings is 1. The molecule has 26 heavy (non-hydrogen) atoms. The Bertz CT molecular complexity index is 703. The fourth-order valence-corrected chi connectivity index (χ4v) is 4.76. The van der Waals surface area contributed by atoms with Gasteiger partial charge >= 0.3 is 0 Å². The van der Waals surface area contributed by atoms with E-state index < -0.39 is 0 Å². The van der Waals surface area contributed by atoms with Crippen molar-refractivity contribution in [2.24, 2.45) is 18.9 Å². The van der Waals surface area contributed by atoms with Gasteiger partial charge in [0.15, 0.2) is 0 Å². The summed E-state index contributed by atoms with van der Waals surface area (Å²) in [6, 6.07) is 8.32. The molecule has 0 bridgehead atoms. The number of piperidine rings is 1. The molecule has 0 unspecified atom stereocenters. The quantitative estimate of drug-likeness (QED) is 0.797. The highest BCUT2D eigenvalue weighted by atomic mass is 35.5. The number of nitrogens with zero attached hydrogens (tertiary/aromatic N) is 4. The average Bonchev–Trinajstić information content (AvgIpc) is 3.27. The van der Waals surface area contributed by atoms with Crippen LogP contribution in [0.4, 0.5) is 0 Å². The molecule has 1 atom stereocenters. The largest absolute Gasteiger partial charge is 0.299 e.